The average molecular weight is 470 g/mol. The molecule has 1 aromatic carbocycles. The van der Waals surface area contributed by atoms with Crippen LogP contribution in [0.1, 0.15) is 38.2 Å². The maximum absolute atomic E-state index is 12.9. The molecule has 170 valence electrons. The molecular weight excluding hydrogens is 443 g/mol. The molecule has 0 bridgehead atoms. The van der Waals surface area contributed by atoms with Crippen LogP contribution in [0.2, 0.25) is 5.02 Å². The summed E-state index contributed by atoms with van der Waals surface area (Å²) in [6.07, 6.45) is -1.25. The van der Waals surface area contributed by atoms with Crippen LogP contribution in [-0.4, -0.2) is 51.9 Å². The predicted octanol–water partition coefficient (Wildman–Crippen LogP) is 3.27. The highest BCUT2D eigenvalue weighted by atomic mass is 35.5. The summed E-state index contributed by atoms with van der Waals surface area (Å²) in [7, 11) is -4.20. The van der Waals surface area contributed by atoms with Crippen LogP contribution in [0, 0.1) is 5.92 Å². The van der Waals surface area contributed by atoms with Gasteiger partial charge in [-0.3, -0.25) is 4.79 Å². The van der Waals surface area contributed by atoms with Gasteiger partial charge in [0.15, 0.2) is 0 Å². The van der Waals surface area contributed by atoms with Gasteiger partial charge in [0, 0.05) is 26.1 Å². The largest absolute Gasteiger partial charge is 0.417 e. The zero-order valence-corrected chi connectivity index (χ0v) is 18.3. The van der Waals surface area contributed by atoms with Crippen molar-refractivity contribution in [3.05, 3.63) is 28.8 Å². The monoisotopic (exact) mass is 469 g/mol. The molecule has 1 saturated heterocycles. The normalized spacial score (nSPS) is 17.0. The van der Waals surface area contributed by atoms with Gasteiger partial charge in [0.1, 0.15) is 0 Å². The molecule has 0 radical (unpaired) electrons. The van der Waals surface area contributed by atoms with Crippen molar-refractivity contribution in [2.75, 3.05) is 32.7 Å². The summed E-state index contributed by atoms with van der Waals surface area (Å²) in [4.78, 5) is 13.8. The second-order valence-electron chi connectivity index (χ2n) is 7.56. The van der Waals surface area contributed by atoms with Crippen LogP contribution in [0.25, 0.3) is 0 Å². The Balaban J connectivity index is 1.79. The lowest BCUT2D eigenvalue weighted by molar-refractivity contribution is -0.137. The molecule has 0 saturated carbocycles. The Morgan fingerprint density at radius 3 is 2.53 bits per heavy atom. The fraction of sp³-hybridized carbons (Fsp3) is 0.632. The minimum absolute atomic E-state index is 0.116. The first-order valence-electron chi connectivity index (χ1n) is 9.84. The summed E-state index contributed by atoms with van der Waals surface area (Å²) < 4.78 is 65.4. The molecule has 2 N–H and O–H groups in total. The van der Waals surface area contributed by atoms with E-state index in [0.717, 1.165) is 31.8 Å². The van der Waals surface area contributed by atoms with E-state index in [1.54, 1.807) is 0 Å². The smallest absolute Gasteiger partial charge is 0.356 e. The van der Waals surface area contributed by atoms with Gasteiger partial charge in [-0.05, 0) is 50.0 Å². The molecule has 1 aliphatic heterocycles. The number of benzene rings is 1. The minimum atomic E-state index is -4.77. The number of sulfonamides is 1. The van der Waals surface area contributed by atoms with E-state index in [4.69, 9.17) is 11.6 Å². The van der Waals surface area contributed by atoms with Gasteiger partial charge in [-0.15, -0.1) is 0 Å². The highest BCUT2D eigenvalue weighted by molar-refractivity contribution is 7.89. The first kappa shape index (κ1) is 24.9. The van der Waals surface area contributed by atoms with Gasteiger partial charge < -0.3 is 10.2 Å². The number of halogens is 4. The van der Waals surface area contributed by atoms with Crippen molar-refractivity contribution in [3.8, 4) is 0 Å². The summed E-state index contributed by atoms with van der Waals surface area (Å²) in [6, 6.07) is 2.35. The van der Waals surface area contributed by atoms with Crippen LogP contribution in [-0.2, 0) is 21.0 Å². The minimum Gasteiger partial charge on any atom is -0.356 e. The Labute approximate surface area is 180 Å². The Morgan fingerprint density at radius 1 is 1.23 bits per heavy atom. The van der Waals surface area contributed by atoms with E-state index >= 15 is 0 Å². The van der Waals surface area contributed by atoms with Gasteiger partial charge in [-0.2, -0.15) is 13.2 Å². The number of nitrogens with zero attached hydrogens (tertiary/aromatic N) is 1. The van der Waals surface area contributed by atoms with E-state index in [9.17, 15) is 26.4 Å². The predicted molar refractivity (Wildman–Crippen MR) is 109 cm³/mol. The Hall–Kier alpha value is -1.36. The average Bonchev–Trinajstić information content (AvgIpc) is 2.66. The SMILES string of the molecule is CC(CNC(=O)CCNS(=O)(=O)c1ccc(Cl)c(C(F)(F)F)c1)CN1CCCCC1. The number of rotatable bonds is 9. The molecule has 1 fully saturated rings. The van der Waals surface area contributed by atoms with Crippen molar-refractivity contribution in [1.82, 2.24) is 14.9 Å². The molecule has 1 heterocycles. The summed E-state index contributed by atoms with van der Waals surface area (Å²) in [5, 5.41) is 2.18. The van der Waals surface area contributed by atoms with Crippen molar-refractivity contribution in [3.63, 3.8) is 0 Å². The third-order valence-corrected chi connectivity index (χ3v) is 6.65. The Bertz CT molecular complexity index is 828. The first-order valence-corrected chi connectivity index (χ1v) is 11.7. The molecule has 0 aliphatic carbocycles. The quantitative estimate of drug-likeness (QED) is 0.582. The standard InChI is InChI=1S/C19H27ClF3N3O3S/c1-14(13-26-9-3-2-4-10-26)12-24-18(27)7-8-25-30(28,29)15-5-6-17(20)16(11-15)19(21,22)23/h5-6,11,14,25H,2-4,7-10,12-13H2,1H3,(H,24,27). The molecule has 1 aliphatic rings. The molecule has 30 heavy (non-hydrogen) atoms. The summed E-state index contributed by atoms with van der Waals surface area (Å²) >= 11 is 5.51. The maximum atomic E-state index is 12.9. The van der Waals surface area contributed by atoms with E-state index in [-0.39, 0.29) is 24.8 Å². The molecule has 11 heteroatoms. The molecule has 0 aromatic heterocycles. The molecule has 1 amide bonds. The molecule has 1 atom stereocenters. The van der Waals surface area contributed by atoms with Gasteiger partial charge in [0.25, 0.3) is 0 Å². The van der Waals surface area contributed by atoms with Crippen LogP contribution in [0.3, 0.4) is 0 Å². The molecular formula is C19H27ClF3N3O3S. The van der Waals surface area contributed by atoms with Crippen LogP contribution in [0.5, 0.6) is 0 Å². The highest BCUT2D eigenvalue weighted by Crippen LogP contribution is 2.35. The number of likely N-dealkylation sites (tertiary alicyclic amines) is 1. The van der Waals surface area contributed by atoms with Crippen LogP contribution < -0.4 is 10.0 Å². The van der Waals surface area contributed by atoms with E-state index in [0.29, 0.717) is 12.6 Å². The lowest BCUT2D eigenvalue weighted by atomic mass is 10.1. The third-order valence-electron chi connectivity index (χ3n) is 4.86. The van der Waals surface area contributed by atoms with Crippen molar-refractivity contribution in [2.45, 2.75) is 43.7 Å². The molecule has 0 spiro atoms. The number of alkyl halides is 3. The lowest BCUT2D eigenvalue weighted by Gasteiger charge is -2.29. The van der Waals surface area contributed by atoms with E-state index in [2.05, 4.69) is 14.9 Å². The van der Waals surface area contributed by atoms with Crippen molar-refractivity contribution >= 4 is 27.5 Å². The second-order valence-corrected chi connectivity index (χ2v) is 9.73. The number of hydrogen-bond acceptors (Lipinski definition) is 4. The lowest BCUT2D eigenvalue weighted by Crippen LogP contribution is -2.38. The number of hydrogen-bond donors (Lipinski definition) is 2. The van der Waals surface area contributed by atoms with Crippen molar-refractivity contribution in [2.24, 2.45) is 5.92 Å². The van der Waals surface area contributed by atoms with Crippen molar-refractivity contribution < 1.29 is 26.4 Å². The summed E-state index contributed by atoms with van der Waals surface area (Å²) in [5.41, 5.74) is -1.23. The zero-order valence-electron chi connectivity index (χ0n) is 16.8. The van der Waals surface area contributed by atoms with Crippen molar-refractivity contribution in [1.29, 1.82) is 0 Å². The molecule has 2 rings (SSSR count). The highest BCUT2D eigenvalue weighted by Gasteiger charge is 2.34. The first-order chi connectivity index (χ1) is 14.0. The number of carbonyl (C=O) groups is 1. The van der Waals surface area contributed by atoms with Gasteiger partial charge >= 0.3 is 6.18 Å². The zero-order chi connectivity index (χ0) is 22.4. The van der Waals surface area contributed by atoms with Gasteiger partial charge in [-0.25, -0.2) is 13.1 Å². The Kier molecular flexibility index (Phi) is 8.96. The second kappa shape index (κ2) is 10.8. The summed E-state index contributed by atoms with van der Waals surface area (Å²) in [6.45, 7) is 5.33. The fourth-order valence-electron chi connectivity index (χ4n) is 3.29. The summed E-state index contributed by atoms with van der Waals surface area (Å²) in [5.74, 6) is -0.0612. The number of carbonyl (C=O) groups excluding carboxylic acids is 1. The number of piperidine rings is 1. The fourth-order valence-corrected chi connectivity index (χ4v) is 4.58. The molecule has 1 aromatic rings. The topological polar surface area (TPSA) is 78.5 Å². The molecule has 1 unspecified atom stereocenters. The maximum Gasteiger partial charge on any atom is 0.417 e. The van der Waals surface area contributed by atoms with E-state index in [1.165, 1.54) is 19.3 Å². The van der Waals surface area contributed by atoms with Crippen LogP contribution >= 0.6 is 11.6 Å². The van der Waals surface area contributed by atoms with Gasteiger partial charge in [0.2, 0.25) is 15.9 Å². The van der Waals surface area contributed by atoms with Crippen LogP contribution in [0.4, 0.5) is 13.2 Å². The number of nitrogens with one attached hydrogen (secondary N) is 2. The van der Waals surface area contributed by atoms with E-state index < -0.39 is 31.7 Å². The molecule has 6 nitrogen and oxygen atoms in total. The third kappa shape index (κ3) is 7.72. The van der Waals surface area contributed by atoms with Gasteiger partial charge in [0.05, 0.1) is 15.5 Å². The Morgan fingerprint density at radius 2 is 1.90 bits per heavy atom. The van der Waals surface area contributed by atoms with Crippen LogP contribution in [0.15, 0.2) is 23.1 Å². The van der Waals surface area contributed by atoms with Gasteiger partial charge in [-0.1, -0.05) is 24.9 Å². The van der Waals surface area contributed by atoms with E-state index in [1.807, 2.05) is 6.92 Å². The number of amides is 1.